The van der Waals surface area contributed by atoms with Crippen LogP contribution in [0.5, 0.6) is 0 Å². The number of nitrogens with two attached hydrogens (primary N) is 1. The third kappa shape index (κ3) is 2.97. The van der Waals surface area contributed by atoms with Gasteiger partial charge in [-0.05, 0) is 36.3 Å². The van der Waals surface area contributed by atoms with Gasteiger partial charge in [0.1, 0.15) is 0 Å². The van der Waals surface area contributed by atoms with Crippen LogP contribution in [0.15, 0.2) is 23.1 Å². The van der Waals surface area contributed by atoms with Gasteiger partial charge in [0.05, 0.1) is 4.90 Å². The molecular weight excluding hydrogens is 280 g/mol. The lowest BCUT2D eigenvalue weighted by atomic mass is 10.1. The Bertz CT molecular complexity index is 552. The van der Waals surface area contributed by atoms with Gasteiger partial charge < -0.3 is 5.73 Å². The van der Waals surface area contributed by atoms with Crippen molar-refractivity contribution >= 4 is 21.8 Å². The van der Waals surface area contributed by atoms with Gasteiger partial charge in [-0.1, -0.05) is 12.1 Å². The Hall–Kier alpha value is -0.560. The van der Waals surface area contributed by atoms with Gasteiger partial charge >= 0.3 is 0 Å². The zero-order valence-electron chi connectivity index (χ0n) is 11.3. The van der Waals surface area contributed by atoms with Crippen molar-refractivity contribution in [3.05, 3.63) is 29.3 Å². The Labute approximate surface area is 119 Å². The monoisotopic (exact) mass is 300 g/mol. The lowest BCUT2D eigenvalue weighted by molar-refractivity contribution is 0.394. The zero-order chi connectivity index (χ0) is 14.0. The van der Waals surface area contributed by atoms with E-state index in [4.69, 9.17) is 5.73 Å². The molecule has 6 heteroatoms. The molecule has 1 aliphatic rings. The predicted molar refractivity (Wildman–Crippen MR) is 79.7 cm³/mol. The van der Waals surface area contributed by atoms with Crippen molar-refractivity contribution in [1.82, 2.24) is 4.31 Å². The van der Waals surface area contributed by atoms with Crippen molar-refractivity contribution in [3.63, 3.8) is 0 Å². The van der Waals surface area contributed by atoms with Crippen molar-refractivity contribution in [2.45, 2.75) is 30.8 Å². The van der Waals surface area contributed by atoms with Crippen LogP contribution < -0.4 is 5.73 Å². The van der Waals surface area contributed by atoms with E-state index in [1.165, 1.54) is 4.31 Å². The van der Waals surface area contributed by atoms with Crippen molar-refractivity contribution in [1.29, 1.82) is 0 Å². The minimum atomic E-state index is -3.42. The van der Waals surface area contributed by atoms with E-state index in [1.54, 1.807) is 13.1 Å². The van der Waals surface area contributed by atoms with E-state index in [1.807, 2.05) is 30.8 Å². The number of sulfonamides is 1. The van der Waals surface area contributed by atoms with Gasteiger partial charge in [-0.25, -0.2) is 8.42 Å². The first kappa shape index (κ1) is 14.8. The van der Waals surface area contributed by atoms with E-state index in [0.29, 0.717) is 11.4 Å². The lowest BCUT2D eigenvalue weighted by Gasteiger charge is -2.24. The van der Waals surface area contributed by atoms with Crippen LogP contribution in [-0.2, 0) is 16.6 Å². The molecule has 2 N–H and O–H groups in total. The highest BCUT2D eigenvalue weighted by Gasteiger charge is 2.31. The third-order valence-corrected chi connectivity index (χ3v) is 6.76. The van der Waals surface area contributed by atoms with Crippen LogP contribution in [0.25, 0.3) is 0 Å². The topological polar surface area (TPSA) is 63.4 Å². The summed E-state index contributed by atoms with van der Waals surface area (Å²) in [6.07, 6.45) is 0.927. The van der Waals surface area contributed by atoms with Gasteiger partial charge in [-0.3, -0.25) is 0 Å². The number of rotatable bonds is 4. The highest BCUT2D eigenvalue weighted by atomic mass is 32.2. The number of hydrogen-bond acceptors (Lipinski definition) is 4. The molecule has 0 saturated carbocycles. The Balaban J connectivity index is 2.38. The first-order valence-electron chi connectivity index (χ1n) is 6.32. The van der Waals surface area contributed by atoms with E-state index in [2.05, 4.69) is 0 Å². The zero-order valence-corrected chi connectivity index (χ0v) is 12.9. The molecule has 1 aromatic carbocycles. The summed E-state index contributed by atoms with van der Waals surface area (Å²) < 4.78 is 26.9. The van der Waals surface area contributed by atoms with Gasteiger partial charge in [0.25, 0.3) is 0 Å². The molecule has 1 fully saturated rings. The minimum absolute atomic E-state index is 0.107. The number of aryl methyl sites for hydroxylation is 1. The van der Waals surface area contributed by atoms with E-state index in [-0.39, 0.29) is 6.04 Å². The number of nitrogens with zero attached hydrogens (tertiary/aromatic N) is 1. The summed E-state index contributed by atoms with van der Waals surface area (Å²) in [6, 6.07) is 5.51. The second-order valence-corrected chi connectivity index (χ2v) is 7.96. The van der Waals surface area contributed by atoms with Crippen molar-refractivity contribution in [2.75, 3.05) is 18.6 Å². The predicted octanol–water partition coefficient (Wildman–Crippen LogP) is 1.58. The summed E-state index contributed by atoms with van der Waals surface area (Å²) in [5.74, 6) is 1.91. The number of thioether (sulfide) groups is 1. The third-order valence-electron chi connectivity index (χ3n) is 3.57. The maximum absolute atomic E-state index is 12.7. The molecule has 0 aromatic heterocycles. The quantitative estimate of drug-likeness (QED) is 0.917. The van der Waals surface area contributed by atoms with E-state index in [0.717, 1.165) is 29.1 Å². The van der Waals surface area contributed by atoms with Crippen molar-refractivity contribution in [2.24, 2.45) is 5.73 Å². The van der Waals surface area contributed by atoms with Crippen LogP contribution in [0.1, 0.15) is 17.5 Å². The smallest absolute Gasteiger partial charge is 0.243 e. The molecule has 1 aromatic rings. The summed E-state index contributed by atoms with van der Waals surface area (Å²) >= 11 is 1.81. The van der Waals surface area contributed by atoms with E-state index in [9.17, 15) is 8.42 Å². The van der Waals surface area contributed by atoms with Gasteiger partial charge in [-0.15, -0.1) is 0 Å². The summed E-state index contributed by atoms with van der Waals surface area (Å²) in [7, 11) is -1.74. The molecule has 0 aliphatic carbocycles. The average molecular weight is 300 g/mol. The van der Waals surface area contributed by atoms with Gasteiger partial charge in [0.15, 0.2) is 0 Å². The van der Waals surface area contributed by atoms with Crippen LogP contribution in [0.3, 0.4) is 0 Å². The standard InChI is InChI=1S/C13H20N2O2S2/c1-10-3-4-11(8-14)7-13(10)19(16,17)15(2)12-5-6-18-9-12/h3-4,7,12H,5-6,8-9,14H2,1-2H3. The Morgan fingerprint density at radius 1 is 1.47 bits per heavy atom. The van der Waals surface area contributed by atoms with Gasteiger partial charge in [0.2, 0.25) is 10.0 Å². The molecular formula is C13H20N2O2S2. The van der Waals surface area contributed by atoms with Crippen LogP contribution in [0.4, 0.5) is 0 Å². The molecule has 106 valence electrons. The maximum atomic E-state index is 12.7. The van der Waals surface area contributed by atoms with Crippen LogP contribution in [0, 0.1) is 6.92 Å². The number of benzene rings is 1. The second kappa shape index (κ2) is 5.83. The summed E-state index contributed by atoms with van der Waals surface area (Å²) in [6.45, 7) is 2.18. The molecule has 0 bridgehead atoms. The molecule has 1 atom stereocenters. The maximum Gasteiger partial charge on any atom is 0.243 e. The fourth-order valence-electron chi connectivity index (χ4n) is 2.21. The molecule has 1 saturated heterocycles. The van der Waals surface area contributed by atoms with Crippen LogP contribution in [-0.4, -0.2) is 37.3 Å². The van der Waals surface area contributed by atoms with Crippen LogP contribution in [0.2, 0.25) is 0 Å². The van der Waals surface area contributed by atoms with E-state index < -0.39 is 10.0 Å². The molecule has 2 rings (SSSR count). The highest BCUT2D eigenvalue weighted by Crippen LogP contribution is 2.27. The average Bonchev–Trinajstić information content (AvgIpc) is 2.92. The first-order valence-corrected chi connectivity index (χ1v) is 8.91. The van der Waals surface area contributed by atoms with Crippen molar-refractivity contribution < 1.29 is 8.42 Å². The molecule has 1 unspecified atom stereocenters. The van der Waals surface area contributed by atoms with Crippen LogP contribution >= 0.6 is 11.8 Å². The normalized spacial score (nSPS) is 20.1. The van der Waals surface area contributed by atoms with Gasteiger partial charge in [-0.2, -0.15) is 16.1 Å². The van der Waals surface area contributed by atoms with Gasteiger partial charge in [0, 0.05) is 25.4 Å². The fourth-order valence-corrected chi connectivity index (χ4v) is 5.23. The minimum Gasteiger partial charge on any atom is -0.326 e. The molecule has 0 radical (unpaired) electrons. The summed E-state index contributed by atoms with van der Waals surface area (Å²) in [4.78, 5) is 0.384. The Morgan fingerprint density at radius 3 is 2.79 bits per heavy atom. The first-order chi connectivity index (χ1) is 8.96. The molecule has 4 nitrogen and oxygen atoms in total. The summed E-state index contributed by atoms with van der Waals surface area (Å²) in [5.41, 5.74) is 7.22. The Kier molecular flexibility index (Phi) is 4.55. The lowest BCUT2D eigenvalue weighted by Crippen LogP contribution is -2.37. The molecule has 0 amide bonds. The largest absolute Gasteiger partial charge is 0.326 e. The molecule has 19 heavy (non-hydrogen) atoms. The molecule has 1 aliphatic heterocycles. The van der Waals surface area contributed by atoms with E-state index >= 15 is 0 Å². The highest BCUT2D eigenvalue weighted by molar-refractivity contribution is 7.99. The second-order valence-electron chi connectivity index (χ2n) is 4.84. The molecule has 0 spiro atoms. The van der Waals surface area contributed by atoms with Crippen molar-refractivity contribution in [3.8, 4) is 0 Å². The summed E-state index contributed by atoms with van der Waals surface area (Å²) in [5, 5.41) is 0. The SMILES string of the molecule is Cc1ccc(CN)cc1S(=O)(=O)N(C)C1CCSC1. The Morgan fingerprint density at radius 2 is 2.21 bits per heavy atom. The number of hydrogen-bond donors (Lipinski definition) is 1. The fraction of sp³-hybridized carbons (Fsp3) is 0.538. The molecule has 1 heterocycles.